The average molecular weight is 1020 g/mol. The van der Waals surface area contributed by atoms with Gasteiger partial charge in [-0.1, -0.05) is 243 Å². The van der Waals surface area contributed by atoms with E-state index in [0.29, 0.717) is 17.5 Å². The van der Waals surface area contributed by atoms with Gasteiger partial charge in [-0.05, 0) is 99.1 Å². The van der Waals surface area contributed by atoms with Gasteiger partial charge in [0, 0.05) is 55.0 Å². The lowest BCUT2D eigenvalue weighted by molar-refractivity contribution is 1.07. The molecule has 0 radical (unpaired) electrons. The van der Waals surface area contributed by atoms with E-state index in [1.807, 2.05) is 36.4 Å². The summed E-state index contributed by atoms with van der Waals surface area (Å²) in [4.78, 5) is 15.8. The summed E-state index contributed by atoms with van der Waals surface area (Å²) in [5, 5.41) is 4.76. The van der Waals surface area contributed by atoms with E-state index >= 15 is 0 Å². The second-order valence-electron chi connectivity index (χ2n) is 20.3. The Kier molecular flexibility index (Phi) is 11.4. The molecule has 0 unspecified atom stereocenters. The molecule has 3 heterocycles. The van der Waals surface area contributed by atoms with E-state index in [4.69, 9.17) is 15.0 Å². The first-order chi connectivity index (χ1) is 39.7. The van der Waals surface area contributed by atoms with Crippen LogP contribution in [0.5, 0.6) is 0 Å². The summed E-state index contributed by atoms with van der Waals surface area (Å²) in [6, 6.07) is 107. The van der Waals surface area contributed by atoms with Crippen molar-refractivity contribution in [3.8, 4) is 101 Å². The minimum atomic E-state index is 0.583. The molecule has 0 saturated carbocycles. The maximum atomic E-state index is 5.35. The van der Waals surface area contributed by atoms with E-state index in [-0.39, 0.29) is 0 Å². The van der Waals surface area contributed by atoms with Crippen molar-refractivity contribution in [3.63, 3.8) is 0 Å². The molecule has 12 aromatic carbocycles. The van der Waals surface area contributed by atoms with E-state index < -0.39 is 0 Å². The van der Waals surface area contributed by atoms with Crippen LogP contribution < -0.4 is 0 Å². The van der Waals surface area contributed by atoms with Crippen molar-refractivity contribution in [2.24, 2.45) is 0 Å². The third-order valence-electron chi connectivity index (χ3n) is 15.6. The van der Waals surface area contributed by atoms with Crippen molar-refractivity contribution in [3.05, 3.63) is 297 Å². The van der Waals surface area contributed by atoms with Crippen molar-refractivity contribution in [1.29, 1.82) is 0 Å². The molecule has 80 heavy (non-hydrogen) atoms. The quantitative estimate of drug-likeness (QED) is 0.137. The van der Waals surface area contributed by atoms with Gasteiger partial charge in [0.25, 0.3) is 0 Å². The maximum Gasteiger partial charge on any atom is 0.164 e. The highest BCUT2D eigenvalue weighted by Gasteiger charge is 2.25. The van der Waals surface area contributed by atoms with E-state index in [0.717, 1.165) is 99.9 Å². The average Bonchev–Trinajstić information content (AvgIpc) is 4.26. The number of benzene rings is 12. The highest BCUT2D eigenvalue weighted by Crippen LogP contribution is 2.46. The Balaban J connectivity index is 1.05. The summed E-state index contributed by atoms with van der Waals surface area (Å²) >= 11 is 0. The molecule has 0 aliphatic heterocycles. The van der Waals surface area contributed by atoms with Crippen LogP contribution in [0.2, 0.25) is 0 Å². The van der Waals surface area contributed by atoms with Gasteiger partial charge in [-0.3, -0.25) is 0 Å². The van der Waals surface area contributed by atoms with Crippen LogP contribution in [0.1, 0.15) is 0 Å². The van der Waals surface area contributed by atoms with Gasteiger partial charge >= 0.3 is 0 Å². The highest BCUT2D eigenvalue weighted by atomic mass is 15.0. The molecule has 0 aliphatic rings. The third kappa shape index (κ3) is 8.24. The molecule has 0 N–H and O–H groups in total. The van der Waals surface area contributed by atoms with Crippen molar-refractivity contribution < 1.29 is 0 Å². The second kappa shape index (κ2) is 19.7. The summed E-state index contributed by atoms with van der Waals surface area (Å²) in [6.45, 7) is 0. The van der Waals surface area contributed by atoms with Gasteiger partial charge in [-0.25, -0.2) is 15.0 Å². The van der Waals surface area contributed by atoms with Crippen LogP contribution in [0.4, 0.5) is 0 Å². The van der Waals surface area contributed by atoms with E-state index in [2.05, 4.69) is 270 Å². The Labute approximate surface area is 463 Å². The van der Waals surface area contributed by atoms with Crippen molar-refractivity contribution in [2.75, 3.05) is 0 Å². The fourth-order valence-electron chi connectivity index (χ4n) is 11.7. The lowest BCUT2D eigenvalue weighted by atomic mass is 9.91. The lowest BCUT2D eigenvalue weighted by Crippen LogP contribution is -2.04. The van der Waals surface area contributed by atoms with Gasteiger partial charge in [-0.15, -0.1) is 0 Å². The summed E-state index contributed by atoms with van der Waals surface area (Å²) in [6.07, 6.45) is 0. The first-order valence-corrected chi connectivity index (χ1v) is 27.2. The molecule has 0 aliphatic carbocycles. The van der Waals surface area contributed by atoms with Crippen molar-refractivity contribution in [1.82, 2.24) is 24.1 Å². The topological polar surface area (TPSA) is 48.5 Å². The van der Waals surface area contributed by atoms with Crippen LogP contribution in [-0.4, -0.2) is 24.1 Å². The predicted octanol–water partition coefficient (Wildman–Crippen LogP) is 19.4. The molecule has 0 bridgehead atoms. The largest absolute Gasteiger partial charge is 0.309 e. The minimum Gasteiger partial charge on any atom is -0.309 e. The van der Waals surface area contributed by atoms with Crippen molar-refractivity contribution in [2.45, 2.75) is 0 Å². The Morgan fingerprint density at radius 1 is 0.200 bits per heavy atom. The van der Waals surface area contributed by atoms with E-state index in [1.165, 1.54) is 27.4 Å². The number of nitrogens with zero attached hydrogens (tertiary/aromatic N) is 5. The first kappa shape index (κ1) is 46.5. The first-order valence-electron chi connectivity index (χ1n) is 27.2. The third-order valence-corrected chi connectivity index (χ3v) is 15.6. The molecule has 0 spiro atoms. The van der Waals surface area contributed by atoms with Crippen LogP contribution in [0, 0.1) is 0 Å². The molecule has 0 saturated heterocycles. The molecule has 0 amide bonds. The fraction of sp³-hybridized carbons (Fsp3) is 0. The molecular weight excluding hydrogens is 971 g/mol. The second-order valence-corrected chi connectivity index (χ2v) is 20.3. The normalized spacial score (nSPS) is 11.5. The van der Waals surface area contributed by atoms with Crippen LogP contribution >= 0.6 is 0 Å². The monoisotopic (exact) mass is 1020 g/mol. The molecule has 15 aromatic rings. The number of para-hydroxylation sites is 2. The summed E-state index contributed by atoms with van der Waals surface area (Å²) in [5.74, 6) is 1.80. The molecule has 5 nitrogen and oxygen atoms in total. The van der Waals surface area contributed by atoms with Crippen LogP contribution in [0.25, 0.3) is 145 Å². The molecule has 15 rings (SSSR count). The molecule has 0 fully saturated rings. The van der Waals surface area contributed by atoms with Crippen LogP contribution in [0.15, 0.2) is 297 Å². The Morgan fingerprint density at radius 2 is 0.525 bits per heavy atom. The van der Waals surface area contributed by atoms with Gasteiger partial charge in [0.1, 0.15) is 0 Å². The zero-order valence-electron chi connectivity index (χ0n) is 43.5. The fourth-order valence-corrected chi connectivity index (χ4v) is 11.7. The SMILES string of the molecule is c1ccc(-c2ccc(-c3cc(-c4nc(-c5ccccc5)nc(-c5ccccc5)n4)cc(-c4ccc(-c5ccccc5)cc4)c3-n3c4ccc(-c5ccccc5)cc4c4cc(-n5c6ccccc6c6ccccc65)ccc43)cc2)cc1. The summed E-state index contributed by atoms with van der Waals surface area (Å²) < 4.78 is 4.93. The maximum absolute atomic E-state index is 5.35. The zero-order chi connectivity index (χ0) is 52.9. The molecular formula is C75H49N5. The highest BCUT2D eigenvalue weighted by molar-refractivity contribution is 6.14. The minimum absolute atomic E-state index is 0.583. The van der Waals surface area contributed by atoms with Gasteiger partial charge in [0.05, 0.1) is 27.8 Å². The summed E-state index contributed by atoms with van der Waals surface area (Å²) in [5.41, 5.74) is 20.5. The molecule has 3 aromatic heterocycles. The standard InChI is InChI=1S/C75H49N5/c1-6-20-50(21-7-1)53-34-38-55(39-35-53)64-47-60(75-77-73(57-26-12-4-13-27-57)76-74(78-75)58-28-14-5-15-29-58)48-65(56-40-36-54(37-41-56)51-22-8-2-9-23-51)72(64)80-70-44-42-59(52-24-10-3-11-25-52)46-66(70)67-49-61(43-45-71(67)80)79-68-32-18-16-30-62(68)63-31-17-19-33-69(63)79/h1-49H. The Hall–Kier alpha value is -10.8. The number of hydrogen-bond acceptors (Lipinski definition) is 3. The Bertz CT molecular complexity index is 4550. The smallest absolute Gasteiger partial charge is 0.164 e. The lowest BCUT2D eigenvalue weighted by Gasteiger charge is -2.21. The molecule has 374 valence electrons. The van der Waals surface area contributed by atoms with Gasteiger partial charge in [0.2, 0.25) is 0 Å². The van der Waals surface area contributed by atoms with Gasteiger partial charge < -0.3 is 9.13 Å². The Morgan fingerprint density at radius 3 is 0.988 bits per heavy atom. The summed E-state index contributed by atoms with van der Waals surface area (Å²) in [7, 11) is 0. The molecule has 5 heteroatoms. The number of hydrogen-bond donors (Lipinski definition) is 0. The van der Waals surface area contributed by atoms with Crippen molar-refractivity contribution >= 4 is 43.6 Å². The molecule has 0 atom stereocenters. The van der Waals surface area contributed by atoms with E-state index in [1.54, 1.807) is 0 Å². The van der Waals surface area contributed by atoms with Crippen LogP contribution in [0.3, 0.4) is 0 Å². The van der Waals surface area contributed by atoms with Gasteiger partial charge in [0.15, 0.2) is 17.5 Å². The number of fused-ring (bicyclic) bond motifs is 6. The zero-order valence-corrected chi connectivity index (χ0v) is 43.5. The van der Waals surface area contributed by atoms with E-state index in [9.17, 15) is 0 Å². The van der Waals surface area contributed by atoms with Crippen LogP contribution in [-0.2, 0) is 0 Å². The van der Waals surface area contributed by atoms with Gasteiger partial charge in [-0.2, -0.15) is 0 Å². The predicted molar refractivity (Wildman–Crippen MR) is 332 cm³/mol. The number of aromatic nitrogens is 5. The number of rotatable bonds is 10.